The Kier molecular flexibility index (Phi) is 3.83. The second kappa shape index (κ2) is 5.88. The molecule has 7 heteroatoms. The number of rotatable bonds is 4. The lowest BCUT2D eigenvalue weighted by atomic mass is 10.1. The first-order valence-corrected chi connectivity index (χ1v) is 8.22. The number of likely N-dealkylation sites (tertiary alicyclic amines) is 1. The highest BCUT2D eigenvalue weighted by Crippen LogP contribution is 2.35. The Morgan fingerprint density at radius 2 is 2.04 bits per heavy atom. The lowest BCUT2D eigenvalue weighted by molar-refractivity contribution is -0.137. The van der Waals surface area contributed by atoms with E-state index in [0.717, 1.165) is 44.1 Å². The van der Waals surface area contributed by atoms with Crippen LogP contribution < -0.4 is 0 Å². The standard InChI is InChI=1S/C17H18F3N3O/c18-17(19,20)14-3-1-2-12(8-14)15-21-16(24-22-15)13-6-7-23(10-13)9-11-4-5-11/h1-3,8,11,13H,4-7,9-10H2/t13-/m1/s1. The van der Waals surface area contributed by atoms with Gasteiger partial charge in [0.2, 0.25) is 11.7 Å². The number of alkyl halides is 3. The normalized spacial score (nSPS) is 22.2. The van der Waals surface area contributed by atoms with Crippen LogP contribution in [-0.2, 0) is 6.18 Å². The molecule has 0 unspecified atom stereocenters. The van der Waals surface area contributed by atoms with Gasteiger partial charge in [-0.3, -0.25) is 0 Å². The van der Waals surface area contributed by atoms with Gasteiger partial charge in [-0.05, 0) is 43.9 Å². The van der Waals surface area contributed by atoms with Crippen LogP contribution in [0.5, 0.6) is 0 Å². The van der Waals surface area contributed by atoms with E-state index in [4.69, 9.17) is 4.52 Å². The van der Waals surface area contributed by atoms with Crippen molar-refractivity contribution in [3.05, 3.63) is 35.7 Å². The molecule has 1 saturated heterocycles. The average Bonchev–Trinajstić information content (AvgIpc) is 3.04. The summed E-state index contributed by atoms with van der Waals surface area (Å²) in [7, 11) is 0. The number of hydrogen-bond donors (Lipinski definition) is 0. The second-order valence-electron chi connectivity index (χ2n) is 6.72. The third-order valence-electron chi connectivity index (χ3n) is 4.72. The summed E-state index contributed by atoms with van der Waals surface area (Å²) in [6.45, 7) is 3.04. The number of aromatic nitrogens is 2. The largest absolute Gasteiger partial charge is 0.416 e. The summed E-state index contributed by atoms with van der Waals surface area (Å²) in [5.74, 6) is 1.76. The van der Waals surface area contributed by atoms with Gasteiger partial charge in [0.05, 0.1) is 11.5 Å². The molecule has 0 N–H and O–H groups in total. The Morgan fingerprint density at radius 3 is 2.79 bits per heavy atom. The second-order valence-corrected chi connectivity index (χ2v) is 6.72. The fourth-order valence-corrected chi connectivity index (χ4v) is 3.22. The number of hydrogen-bond acceptors (Lipinski definition) is 4. The van der Waals surface area contributed by atoms with Crippen LogP contribution in [0.15, 0.2) is 28.8 Å². The molecule has 1 atom stereocenters. The molecule has 2 fully saturated rings. The van der Waals surface area contributed by atoms with Crippen molar-refractivity contribution < 1.29 is 17.7 Å². The molecule has 2 aromatic rings. The van der Waals surface area contributed by atoms with Gasteiger partial charge < -0.3 is 9.42 Å². The molecule has 4 nitrogen and oxygen atoms in total. The van der Waals surface area contributed by atoms with Crippen molar-refractivity contribution in [1.82, 2.24) is 15.0 Å². The van der Waals surface area contributed by atoms with Crippen LogP contribution in [0.25, 0.3) is 11.4 Å². The molecule has 0 spiro atoms. The highest BCUT2D eigenvalue weighted by Gasteiger charge is 2.33. The molecular weight excluding hydrogens is 319 g/mol. The predicted octanol–water partition coefficient (Wildman–Crippen LogP) is 3.95. The molecule has 0 radical (unpaired) electrons. The van der Waals surface area contributed by atoms with Crippen molar-refractivity contribution in [2.45, 2.75) is 31.4 Å². The summed E-state index contributed by atoms with van der Waals surface area (Å²) >= 11 is 0. The lowest BCUT2D eigenvalue weighted by Gasteiger charge is -2.13. The molecule has 1 saturated carbocycles. The minimum atomic E-state index is -4.38. The van der Waals surface area contributed by atoms with Crippen LogP contribution in [0.1, 0.15) is 36.6 Å². The van der Waals surface area contributed by atoms with E-state index in [1.54, 1.807) is 6.07 Å². The first-order valence-electron chi connectivity index (χ1n) is 8.22. The number of halogens is 3. The molecule has 1 aliphatic carbocycles. The molecule has 1 aliphatic heterocycles. The van der Waals surface area contributed by atoms with Gasteiger partial charge in [-0.15, -0.1) is 0 Å². The first-order chi connectivity index (χ1) is 11.5. The summed E-state index contributed by atoms with van der Waals surface area (Å²) < 4.78 is 43.8. The molecule has 0 bridgehead atoms. The Morgan fingerprint density at radius 1 is 1.21 bits per heavy atom. The molecule has 128 valence electrons. The third-order valence-corrected chi connectivity index (χ3v) is 4.72. The van der Waals surface area contributed by atoms with Gasteiger partial charge in [-0.25, -0.2) is 0 Å². The van der Waals surface area contributed by atoms with Crippen molar-refractivity contribution in [3.8, 4) is 11.4 Å². The summed E-state index contributed by atoms with van der Waals surface area (Å²) in [6, 6.07) is 5.03. The number of nitrogens with zero attached hydrogens (tertiary/aromatic N) is 3. The molecule has 2 aliphatic rings. The van der Waals surface area contributed by atoms with E-state index in [1.807, 2.05) is 0 Å². The Labute approximate surface area is 137 Å². The average molecular weight is 337 g/mol. The van der Waals surface area contributed by atoms with Crippen molar-refractivity contribution >= 4 is 0 Å². The maximum Gasteiger partial charge on any atom is 0.416 e. The van der Waals surface area contributed by atoms with E-state index < -0.39 is 11.7 Å². The van der Waals surface area contributed by atoms with Crippen LogP contribution in [0, 0.1) is 5.92 Å². The Bertz CT molecular complexity index is 724. The summed E-state index contributed by atoms with van der Waals surface area (Å²) in [5.41, 5.74) is -0.379. The van der Waals surface area contributed by atoms with Gasteiger partial charge in [-0.1, -0.05) is 17.3 Å². The van der Waals surface area contributed by atoms with E-state index in [2.05, 4.69) is 15.0 Å². The molecule has 1 aromatic heterocycles. The smallest absolute Gasteiger partial charge is 0.339 e. The summed E-state index contributed by atoms with van der Waals surface area (Å²) in [6.07, 6.45) is -0.781. The van der Waals surface area contributed by atoms with Gasteiger partial charge in [0.1, 0.15) is 0 Å². The minimum Gasteiger partial charge on any atom is -0.339 e. The van der Waals surface area contributed by atoms with Crippen LogP contribution >= 0.6 is 0 Å². The van der Waals surface area contributed by atoms with Crippen molar-refractivity contribution in [1.29, 1.82) is 0 Å². The zero-order valence-electron chi connectivity index (χ0n) is 13.1. The minimum absolute atomic E-state index is 0.177. The van der Waals surface area contributed by atoms with Crippen LogP contribution in [0.3, 0.4) is 0 Å². The summed E-state index contributed by atoms with van der Waals surface area (Å²) in [4.78, 5) is 6.76. The zero-order valence-corrected chi connectivity index (χ0v) is 13.1. The first kappa shape index (κ1) is 15.6. The molecule has 1 aromatic carbocycles. The lowest BCUT2D eigenvalue weighted by Crippen LogP contribution is -2.22. The van der Waals surface area contributed by atoms with Crippen LogP contribution in [0.4, 0.5) is 13.2 Å². The van der Waals surface area contributed by atoms with Crippen molar-refractivity contribution in [3.63, 3.8) is 0 Å². The number of benzene rings is 1. The Hall–Kier alpha value is -1.89. The molecular formula is C17H18F3N3O. The highest BCUT2D eigenvalue weighted by atomic mass is 19.4. The fourth-order valence-electron chi connectivity index (χ4n) is 3.22. The monoisotopic (exact) mass is 337 g/mol. The van der Waals surface area contributed by atoms with Crippen LogP contribution in [-0.4, -0.2) is 34.7 Å². The maximum absolute atomic E-state index is 12.8. The molecule has 24 heavy (non-hydrogen) atoms. The van der Waals surface area contributed by atoms with Crippen molar-refractivity contribution in [2.24, 2.45) is 5.92 Å². The van der Waals surface area contributed by atoms with Gasteiger partial charge in [0, 0.05) is 18.7 Å². The highest BCUT2D eigenvalue weighted by molar-refractivity contribution is 5.55. The van der Waals surface area contributed by atoms with E-state index in [-0.39, 0.29) is 11.7 Å². The van der Waals surface area contributed by atoms with Gasteiger partial charge in [0.15, 0.2) is 0 Å². The van der Waals surface area contributed by atoms with Crippen molar-refractivity contribution in [2.75, 3.05) is 19.6 Å². The molecule has 2 heterocycles. The van der Waals surface area contributed by atoms with E-state index >= 15 is 0 Å². The SMILES string of the molecule is FC(F)(F)c1cccc(-c2noc([C@@H]3CCN(CC4CC4)C3)n2)c1. The van der Waals surface area contributed by atoms with E-state index in [9.17, 15) is 13.2 Å². The quantitative estimate of drug-likeness (QED) is 0.847. The fraction of sp³-hybridized carbons (Fsp3) is 0.529. The van der Waals surface area contributed by atoms with Crippen LogP contribution in [0.2, 0.25) is 0 Å². The third kappa shape index (κ3) is 3.31. The summed E-state index contributed by atoms with van der Waals surface area (Å²) in [5, 5.41) is 3.88. The van der Waals surface area contributed by atoms with E-state index in [0.29, 0.717) is 11.5 Å². The van der Waals surface area contributed by atoms with Gasteiger partial charge in [-0.2, -0.15) is 18.2 Å². The Balaban J connectivity index is 1.49. The van der Waals surface area contributed by atoms with E-state index in [1.165, 1.54) is 18.9 Å². The predicted molar refractivity (Wildman–Crippen MR) is 81.3 cm³/mol. The zero-order chi connectivity index (χ0) is 16.7. The molecule has 4 rings (SSSR count). The van der Waals surface area contributed by atoms with Gasteiger partial charge in [0.25, 0.3) is 0 Å². The topological polar surface area (TPSA) is 42.2 Å². The molecule has 0 amide bonds. The van der Waals surface area contributed by atoms with Gasteiger partial charge >= 0.3 is 6.18 Å². The maximum atomic E-state index is 12.8.